The van der Waals surface area contributed by atoms with E-state index >= 15 is 0 Å². The van der Waals surface area contributed by atoms with Crippen molar-refractivity contribution in [3.8, 4) is 0 Å². The quantitative estimate of drug-likeness (QED) is 0.680. The first-order valence-corrected chi connectivity index (χ1v) is 10.1. The van der Waals surface area contributed by atoms with Gasteiger partial charge in [-0.05, 0) is 73.8 Å². The van der Waals surface area contributed by atoms with Gasteiger partial charge in [0, 0.05) is 5.56 Å². The van der Waals surface area contributed by atoms with Gasteiger partial charge in [-0.3, -0.25) is 0 Å². The minimum Gasteiger partial charge on any atom is -0.392 e. The fourth-order valence-corrected chi connectivity index (χ4v) is 5.23. The first kappa shape index (κ1) is 17.9. The van der Waals surface area contributed by atoms with E-state index in [1.54, 1.807) is 12.1 Å². The summed E-state index contributed by atoms with van der Waals surface area (Å²) < 4.78 is 13.9. The van der Waals surface area contributed by atoms with E-state index in [1.807, 2.05) is 6.07 Å². The van der Waals surface area contributed by atoms with Crippen molar-refractivity contribution in [2.75, 3.05) is 0 Å². The third-order valence-corrected chi connectivity index (χ3v) is 6.75. The molecule has 0 atom stereocenters. The van der Waals surface area contributed by atoms with Crippen LogP contribution in [0.3, 0.4) is 0 Å². The molecular weight excluding hydrogens is 299 g/mol. The zero-order valence-corrected chi connectivity index (χ0v) is 15.1. The maximum atomic E-state index is 13.9. The van der Waals surface area contributed by atoms with Crippen LogP contribution < -0.4 is 0 Å². The number of aliphatic hydroxyl groups is 1. The zero-order chi connectivity index (χ0) is 16.9. The van der Waals surface area contributed by atoms with E-state index in [0.717, 1.165) is 23.3 Å². The third-order valence-electron chi connectivity index (χ3n) is 6.75. The topological polar surface area (TPSA) is 20.2 Å². The first-order chi connectivity index (χ1) is 11.7. The molecule has 1 N–H and O–H groups in total. The van der Waals surface area contributed by atoms with Crippen LogP contribution in [0.5, 0.6) is 0 Å². The number of benzene rings is 1. The molecule has 0 radical (unpaired) electrons. The van der Waals surface area contributed by atoms with Gasteiger partial charge >= 0.3 is 0 Å². The number of hydrogen-bond acceptors (Lipinski definition) is 1. The molecule has 0 bridgehead atoms. The Kier molecular flexibility index (Phi) is 6.32. The summed E-state index contributed by atoms with van der Waals surface area (Å²) in [5.74, 6) is 3.12. The molecule has 1 aromatic carbocycles. The van der Waals surface area contributed by atoms with E-state index in [9.17, 15) is 4.39 Å². The van der Waals surface area contributed by atoms with E-state index in [-0.39, 0.29) is 12.4 Å². The van der Waals surface area contributed by atoms with Gasteiger partial charge in [0.25, 0.3) is 0 Å². The second-order valence-electron chi connectivity index (χ2n) is 8.19. The van der Waals surface area contributed by atoms with Crippen molar-refractivity contribution in [1.82, 2.24) is 0 Å². The van der Waals surface area contributed by atoms with E-state index in [2.05, 4.69) is 6.92 Å². The molecule has 2 aliphatic carbocycles. The van der Waals surface area contributed by atoms with Crippen molar-refractivity contribution in [2.45, 2.75) is 83.7 Å². The summed E-state index contributed by atoms with van der Waals surface area (Å²) in [5, 5.41) is 9.11. The van der Waals surface area contributed by atoms with Crippen molar-refractivity contribution >= 4 is 0 Å². The lowest BCUT2D eigenvalue weighted by Gasteiger charge is -2.38. The summed E-state index contributed by atoms with van der Waals surface area (Å²) >= 11 is 0. The minimum atomic E-state index is -0.244. The maximum Gasteiger partial charge on any atom is 0.128 e. The van der Waals surface area contributed by atoms with Gasteiger partial charge in [-0.25, -0.2) is 4.39 Å². The van der Waals surface area contributed by atoms with Crippen LogP contribution >= 0.6 is 0 Å². The molecule has 3 rings (SSSR count). The molecule has 0 aromatic heterocycles. The molecule has 1 nitrogen and oxygen atoms in total. The number of aliphatic hydroxyl groups excluding tert-OH is 1. The van der Waals surface area contributed by atoms with Crippen LogP contribution in [-0.4, -0.2) is 5.11 Å². The van der Waals surface area contributed by atoms with Gasteiger partial charge in [-0.2, -0.15) is 0 Å². The van der Waals surface area contributed by atoms with Crippen LogP contribution in [0, 0.1) is 23.6 Å². The standard InChI is InChI=1S/C22H33FO/c1-2-3-16-4-6-17(7-5-16)18-8-10-19(11-9-18)20-12-13-21(15-24)22(23)14-20/h12-14,16-19,24H,2-11,15H2,1H3. The summed E-state index contributed by atoms with van der Waals surface area (Å²) in [5.41, 5.74) is 1.55. The number of halogens is 1. The van der Waals surface area contributed by atoms with Crippen molar-refractivity contribution in [3.05, 3.63) is 35.1 Å². The van der Waals surface area contributed by atoms with Gasteiger partial charge in [0.05, 0.1) is 6.61 Å². The molecule has 2 aliphatic rings. The van der Waals surface area contributed by atoms with Crippen molar-refractivity contribution in [1.29, 1.82) is 0 Å². The molecule has 2 saturated carbocycles. The van der Waals surface area contributed by atoms with Gasteiger partial charge in [0.1, 0.15) is 5.82 Å². The zero-order valence-electron chi connectivity index (χ0n) is 15.1. The summed E-state index contributed by atoms with van der Waals surface area (Å²) in [4.78, 5) is 0. The maximum absolute atomic E-state index is 13.9. The highest BCUT2D eigenvalue weighted by Crippen LogP contribution is 2.44. The second kappa shape index (κ2) is 8.47. The molecule has 0 spiro atoms. The minimum absolute atomic E-state index is 0.209. The van der Waals surface area contributed by atoms with Gasteiger partial charge in [-0.1, -0.05) is 44.7 Å². The van der Waals surface area contributed by atoms with Crippen LogP contribution in [-0.2, 0) is 6.61 Å². The molecule has 0 heterocycles. The second-order valence-corrected chi connectivity index (χ2v) is 8.19. The summed E-state index contributed by atoms with van der Waals surface area (Å²) in [6, 6.07) is 5.44. The third kappa shape index (κ3) is 4.20. The van der Waals surface area contributed by atoms with Crippen molar-refractivity contribution in [2.24, 2.45) is 17.8 Å². The number of hydrogen-bond donors (Lipinski definition) is 1. The van der Waals surface area contributed by atoms with Crippen LogP contribution in [0.15, 0.2) is 18.2 Å². The smallest absolute Gasteiger partial charge is 0.128 e. The van der Waals surface area contributed by atoms with E-state index in [1.165, 1.54) is 64.2 Å². The predicted octanol–water partition coefficient (Wildman–Crippen LogP) is 6.20. The predicted molar refractivity (Wildman–Crippen MR) is 97.4 cm³/mol. The Hall–Kier alpha value is -0.890. The number of rotatable bonds is 5. The molecule has 2 fully saturated rings. The SMILES string of the molecule is CCCC1CCC(C2CCC(c3ccc(CO)c(F)c3)CC2)CC1. The molecule has 1 aromatic rings. The van der Waals surface area contributed by atoms with Crippen LogP contribution in [0.1, 0.15) is 88.2 Å². The molecule has 0 amide bonds. The summed E-state index contributed by atoms with van der Waals surface area (Å²) in [6.45, 7) is 2.10. The molecule has 2 heteroatoms. The largest absolute Gasteiger partial charge is 0.392 e. The Morgan fingerprint density at radius 3 is 2.12 bits per heavy atom. The van der Waals surface area contributed by atoms with E-state index < -0.39 is 0 Å². The molecule has 0 unspecified atom stereocenters. The lowest BCUT2D eigenvalue weighted by atomic mass is 9.68. The Bertz CT molecular complexity index is 511. The van der Waals surface area contributed by atoms with Crippen LogP contribution in [0.2, 0.25) is 0 Å². The highest BCUT2D eigenvalue weighted by Gasteiger charge is 2.31. The molecule has 0 aliphatic heterocycles. The van der Waals surface area contributed by atoms with Gasteiger partial charge in [-0.15, -0.1) is 0 Å². The van der Waals surface area contributed by atoms with Gasteiger partial charge in [0.15, 0.2) is 0 Å². The van der Waals surface area contributed by atoms with E-state index in [0.29, 0.717) is 11.5 Å². The normalized spacial score (nSPS) is 31.1. The Morgan fingerprint density at radius 2 is 1.58 bits per heavy atom. The molecule has 0 saturated heterocycles. The fraction of sp³-hybridized carbons (Fsp3) is 0.727. The summed E-state index contributed by atoms with van der Waals surface area (Å²) in [7, 11) is 0. The van der Waals surface area contributed by atoms with Gasteiger partial charge in [0.2, 0.25) is 0 Å². The highest BCUT2D eigenvalue weighted by atomic mass is 19.1. The monoisotopic (exact) mass is 332 g/mol. The highest BCUT2D eigenvalue weighted by molar-refractivity contribution is 5.27. The van der Waals surface area contributed by atoms with E-state index in [4.69, 9.17) is 5.11 Å². The Balaban J connectivity index is 1.50. The average Bonchev–Trinajstić information content (AvgIpc) is 2.63. The Labute approximate surface area is 146 Å². The van der Waals surface area contributed by atoms with Crippen LogP contribution in [0.4, 0.5) is 4.39 Å². The lowest BCUT2D eigenvalue weighted by Crippen LogP contribution is -2.25. The lowest BCUT2D eigenvalue weighted by molar-refractivity contribution is 0.156. The molecule has 134 valence electrons. The summed E-state index contributed by atoms with van der Waals surface area (Å²) in [6.07, 6.45) is 13.6. The average molecular weight is 333 g/mol. The first-order valence-electron chi connectivity index (χ1n) is 10.1. The molecule has 24 heavy (non-hydrogen) atoms. The van der Waals surface area contributed by atoms with Crippen molar-refractivity contribution in [3.63, 3.8) is 0 Å². The fourth-order valence-electron chi connectivity index (χ4n) is 5.23. The van der Waals surface area contributed by atoms with Crippen molar-refractivity contribution < 1.29 is 9.50 Å². The van der Waals surface area contributed by atoms with Gasteiger partial charge < -0.3 is 5.11 Å². The molecular formula is C22H33FO. The van der Waals surface area contributed by atoms with Crippen LogP contribution in [0.25, 0.3) is 0 Å². The Morgan fingerprint density at radius 1 is 0.958 bits per heavy atom.